The summed E-state index contributed by atoms with van der Waals surface area (Å²) in [5, 5.41) is 1.09. The average Bonchev–Trinajstić information content (AvgIpc) is 3.23. The highest BCUT2D eigenvalue weighted by Crippen LogP contribution is 2.39. The number of para-hydroxylation sites is 1. The van der Waals surface area contributed by atoms with Crippen LogP contribution in [-0.2, 0) is 13.1 Å². The summed E-state index contributed by atoms with van der Waals surface area (Å²) in [6.45, 7) is 5.04. The lowest BCUT2D eigenvalue weighted by Gasteiger charge is -2.19. The highest BCUT2D eigenvalue weighted by atomic mass is 16.5. The number of aromatic amines is 1. The van der Waals surface area contributed by atoms with Gasteiger partial charge in [0, 0.05) is 48.0 Å². The first-order chi connectivity index (χ1) is 15.7. The van der Waals surface area contributed by atoms with Crippen molar-refractivity contribution in [3.8, 4) is 28.5 Å². The first-order valence-electron chi connectivity index (χ1n) is 10.6. The molecule has 5 rings (SSSR count). The molecular formula is C25H26N4O3. The second-order valence-electron chi connectivity index (χ2n) is 7.98. The van der Waals surface area contributed by atoms with Crippen LogP contribution in [0.1, 0.15) is 16.8 Å². The van der Waals surface area contributed by atoms with Gasteiger partial charge >= 0.3 is 0 Å². The van der Waals surface area contributed by atoms with Gasteiger partial charge in [-0.1, -0.05) is 12.1 Å². The predicted molar refractivity (Wildman–Crippen MR) is 123 cm³/mol. The fourth-order valence-corrected chi connectivity index (χ4v) is 4.29. The molecule has 0 unspecified atom stereocenters. The number of hydrogen-bond donors (Lipinski definition) is 1. The molecule has 32 heavy (non-hydrogen) atoms. The number of aromatic nitrogens is 3. The quantitative estimate of drug-likeness (QED) is 0.508. The van der Waals surface area contributed by atoms with E-state index in [1.807, 2.05) is 24.4 Å². The molecule has 1 N–H and O–H groups in total. The van der Waals surface area contributed by atoms with Crippen molar-refractivity contribution in [1.82, 2.24) is 19.9 Å². The molecule has 7 heteroatoms. The third-order valence-electron chi connectivity index (χ3n) is 5.87. The first-order valence-corrected chi connectivity index (χ1v) is 10.6. The number of rotatable bonds is 5. The number of pyridine rings is 1. The molecule has 0 atom stereocenters. The standard InChI is InChI=1S/C25H26N4O3/c1-16-9-21(28-24-20(16)5-4-6-22(24)30-2)17-10-18-13-29(14-19-12-26-15-27-19)7-8-32-25(18)23(11-17)31-3/h4-6,9-12,15H,7-8,13-14H2,1-3H3,(H,26,27). The maximum absolute atomic E-state index is 6.11. The molecule has 7 nitrogen and oxygen atoms in total. The molecule has 2 aromatic carbocycles. The number of nitrogens with one attached hydrogen (secondary N) is 1. The van der Waals surface area contributed by atoms with Gasteiger partial charge in [0.05, 0.1) is 26.2 Å². The van der Waals surface area contributed by atoms with Gasteiger partial charge in [0.15, 0.2) is 11.5 Å². The normalized spacial score (nSPS) is 14.0. The van der Waals surface area contributed by atoms with E-state index in [-0.39, 0.29) is 0 Å². The van der Waals surface area contributed by atoms with Crippen LogP contribution in [0.5, 0.6) is 17.2 Å². The molecule has 164 valence electrons. The number of nitrogens with zero attached hydrogens (tertiary/aromatic N) is 3. The summed E-state index contributed by atoms with van der Waals surface area (Å²) in [5.74, 6) is 2.29. The summed E-state index contributed by atoms with van der Waals surface area (Å²) < 4.78 is 17.4. The van der Waals surface area contributed by atoms with Crippen LogP contribution in [-0.4, -0.2) is 47.2 Å². The fraction of sp³-hybridized carbons (Fsp3) is 0.280. The van der Waals surface area contributed by atoms with Gasteiger partial charge in [-0.05, 0) is 36.8 Å². The van der Waals surface area contributed by atoms with E-state index < -0.39 is 0 Å². The monoisotopic (exact) mass is 430 g/mol. The maximum atomic E-state index is 6.11. The number of fused-ring (bicyclic) bond motifs is 2. The van der Waals surface area contributed by atoms with Gasteiger partial charge in [0.25, 0.3) is 0 Å². The van der Waals surface area contributed by atoms with Crippen LogP contribution >= 0.6 is 0 Å². The molecule has 0 saturated carbocycles. The SMILES string of the molecule is COc1cc(-c2cc(C)c3cccc(OC)c3n2)cc2c1OCCN(Cc1cnc[nH]1)C2. The summed E-state index contributed by atoms with van der Waals surface area (Å²) in [6.07, 6.45) is 3.57. The maximum Gasteiger partial charge on any atom is 0.165 e. The molecule has 0 radical (unpaired) electrons. The van der Waals surface area contributed by atoms with Crippen molar-refractivity contribution in [2.75, 3.05) is 27.4 Å². The number of aryl methyl sites for hydroxylation is 1. The van der Waals surface area contributed by atoms with E-state index in [0.29, 0.717) is 6.61 Å². The van der Waals surface area contributed by atoms with Crippen LogP contribution in [0.4, 0.5) is 0 Å². The minimum Gasteiger partial charge on any atom is -0.494 e. The average molecular weight is 431 g/mol. The van der Waals surface area contributed by atoms with Gasteiger partial charge in [-0.3, -0.25) is 4.90 Å². The second-order valence-corrected chi connectivity index (χ2v) is 7.98. The van der Waals surface area contributed by atoms with Crippen molar-refractivity contribution < 1.29 is 14.2 Å². The summed E-state index contributed by atoms with van der Waals surface area (Å²) in [4.78, 5) is 14.6. The second kappa shape index (κ2) is 8.51. The lowest BCUT2D eigenvalue weighted by atomic mass is 10.0. The third-order valence-corrected chi connectivity index (χ3v) is 5.87. The molecule has 0 spiro atoms. The van der Waals surface area contributed by atoms with Crippen LogP contribution in [0.15, 0.2) is 48.9 Å². The number of hydrogen-bond acceptors (Lipinski definition) is 6. The van der Waals surface area contributed by atoms with Crippen molar-refractivity contribution in [1.29, 1.82) is 0 Å². The topological polar surface area (TPSA) is 72.5 Å². The highest BCUT2D eigenvalue weighted by molar-refractivity contribution is 5.89. The van der Waals surface area contributed by atoms with E-state index in [0.717, 1.165) is 75.9 Å². The Labute approximate surface area is 187 Å². The summed E-state index contributed by atoms with van der Waals surface area (Å²) in [6, 6.07) is 12.3. The van der Waals surface area contributed by atoms with E-state index in [1.165, 1.54) is 0 Å². The summed E-state index contributed by atoms with van der Waals surface area (Å²) >= 11 is 0. The molecule has 0 fully saturated rings. The Morgan fingerprint density at radius 2 is 2.00 bits per heavy atom. The van der Waals surface area contributed by atoms with E-state index in [1.54, 1.807) is 20.5 Å². The Morgan fingerprint density at radius 3 is 2.78 bits per heavy atom. The number of imidazole rings is 1. The Bertz CT molecular complexity index is 1250. The van der Waals surface area contributed by atoms with Crippen molar-refractivity contribution in [2.24, 2.45) is 0 Å². The van der Waals surface area contributed by atoms with Crippen LogP contribution in [0.2, 0.25) is 0 Å². The van der Waals surface area contributed by atoms with Crippen molar-refractivity contribution in [3.05, 3.63) is 65.7 Å². The molecule has 3 heterocycles. The molecule has 1 aliphatic rings. The zero-order valence-electron chi connectivity index (χ0n) is 18.5. The molecule has 4 aromatic rings. The van der Waals surface area contributed by atoms with Gasteiger partial charge < -0.3 is 19.2 Å². The zero-order chi connectivity index (χ0) is 22.1. The van der Waals surface area contributed by atoms with E-state index in [9.17, 15) is 0 Å². The molecule has 0 saturated heterocycles. The molecule has 1 aliphatic heterocycles. The highest BCUT2D eigenvalue weighted by Gasteiger charge is 2.22. The minimum atomic E-state index is 0.599. The smallest absolute Gasteiger partial charge is 0.165 e. The third kappa shape index (κ3) is 3.76. The van der Waals surface area contributed by atoms with Gasteiger partial charge in [-0.2, -0.15) is 0 Å². The van der Waals surface area contributed by atoms with Gasteiger partial charge in [-0.25, -0.2) is 9.97 Å². The Balaban J connectivity index is 1.58. The van der Waals surface area contributed by atoms with E-state index in [2.05, 4.69) is 40.0 Å². The van der Waals surface area contributed by atoms with Gasteiger partial charge in [0.1, 0.15) is 17.9 Å². The summed E-state index contributed by atoms with van der Waals surface area (Å²) in [5.41, 5.74) is 6.03. The number of ether oxygens (including phenoxy) is 3. The summed E-state index contributed by atoms with van der Waals surface area (Å²) in [7, 11) is 3.35. The Kier molecular flexibility index (Phi) is 5.41. The lowest BCUT2D eigenvalue weighted by molar-refractivity contribution is 0.215. The Hall–Kier alpha value is -3.58. The van der Waals surface area contributed by atoms with Crippen LogP contribution in [0.25, 0.3) is 22.2 Å². The molecule has 0 bridgehead atoms. The number of H-pyrrole nitrogens is 1. The number of benzene rings is 2. The first kappa shape index (κ1) is 20.3. The predicted octanol–water partition coefficient (Wildman–Crippen LogP) is 4.35. The van der Waals surface area contributed by atoms with Gasteiger partial charge in [0.2, 0.25) is 0 Å². The zero-order valence-corrected chi connectivity index (χ0v) is 18.5. The van der Waals surface area contributed by atoms with Crippen LogP contribution in [0, 0.1) is 6.92 Å². The fourth-order valence-electron chi connectivity index (χ4n) is 4.29. The van der Waals surface area contributed by atoms with Crippen molar-refractivity contribution >= 4 is 10.9 Å². The number of methoxy groups -OCH3 is 2. The van der Waals surface area contributed by atoms with Crippen molar-refractivity contribution in [3.63, 3.8) is 0 Å². The molecule has 0 aliphatic carbocycles. The molecule has 2 aromatic heterocycles. The largest absolute Gasteiger partial charge is 0.494 e. The van der Waals surface area contributed by atoms with Gasteiger partial charge in [-0.15, -0.1) is 0 Å². The Morgan fingerprint density at radius 1 is 1.12 bits per heavy atom. The van der Waals surface area contributed by atoms with Crippen LogP contribution < -0.4 is 14.2 Å². The molecular weight excluding hydrogens is 404 g/mol. The molecule has 0 amide bonds. The van der Waals surface area contributed by atoms with Crippen LogP contribution in [0.3, 0.4) is 0 Å². The lowest BCUT2D eigenvalue weighted by Crippen LogP contribution is -2.25. The van der Waals surface area contributed by atoms with Crippen molar-refractivity contribution in [2.45, 2.75) is 20.0 Å². The van der Waals surface area contributed by atoms with E-state index >= 15 is 0 Å². The minimum absolute atomic E-state index is 0.599. The van der Waals surface area contributed by atoms with E-state index in [4.69, 9.17) is 19.2 Å².